The number of carbonyl (C=O) groups excluding carboxylic acids is 1. The Morgan fingerprint density at radius 3 is 1.61 bits per heavy atom. The van der Waals surface area contributed by atoms with Crippen molar-refractivity contribution in [2.24, 2.45) is 0 Å². The summed E-state index contributed by atoms with van der Waals surface area (Å²) < 4.78 is 31.7. The summed E-state index contributed by atoms with van der Waals surface area (Å²) in [6, 6.07) is 38.9. The molecule has 41 heavy (non-hydrogen) atoms. The van der Waals surface area contributed by atoms with Gasteiger partial charge in [0.05, 0.1) is 38.1 Å². The summed E-state index contributed by atoms with van der Waals surface area (Å²) in [5, 5.41) is 0. The van der Waals surface area contributed by atoms with Gasteiger partial charge in [-0.2, -0.15) is 0 Å². The molecule has 0 bridgehead atoms. The first kappa shape index (κ1) is 28.7. The topological polar surface area (TPSA) is 63.2 Å². The number of benzene rings is 4. The summed E-state index contributed by atoms with van der Waals surface area (Å²) >= 11 is 0. The van der Waals surface area contributed by atoms with Crippen LogP contribution in [0, 0.1) is 0 Å². The highest BCUT2D eigenvalue weighted by molar-refractivity contribution is 5.89. The van der Waals surface area contributed by atoms with Gasteiger partial charge in [0.25, 0.3) is 0 Å². The number of carbonyl (C=O) groups is 1. The second-order valence-electron chi connectivity index (χ2n) is 10.1. The molecule has 1 heterocycles. The summed E-state index contributed by atoms with van der Waals surface area (Å²) in [6.07, 6.45) is -2.74. The first-order valence-corrected chi connectivity index (χ1v) is 14.0. The monoisotopic (exact) mass is 552 g/mol. The molecule has 1 aliphatic rings. The molecule has 0 aliphatic carbocycles. The van der Waals surface area contributed by atoms with Crippen LogP contribution in [0.3, 0.4) is 0 Å². The van der Waals surface area contributed by atoms with Crippen molar-refractivity contribution in [3.8, 4) is 0 Å². The average molecular weight is 553 g/mol. The average Bonchev–Trinajstić information content (AvgIpc) is 3.02. The van der Waals surface area contributed by atoms with Crippen molar-refractivity contribution in [3.05, 3.63) is 144 Å². The molecule has 0 saturated carbocycles. The Kier molecular flexibility index (Phi) is 10.3. The largest absolute Gasteiger partial charge is 0.453 e. The molecule has 0 N–H and O–H groups in total. The summed E-state index contributed by atoms with van der Waals surface area (Å²) in [7, 11) is 0. The molecule has 6 nitrogen and oxygen atoms in total. The van der Waals surface area contributed by atoms with Crippen molar-refractivity contribution in [1.82, 2.24) is 0 Å². The third-order valence-electron chi connectivity index (χ3n) is 7.08. The third-order valence-corrected chi connectivity index (χ3v) is 7.08. The molecule has 6 heteroatoms. The van der Waals surface area contributed by atoms with Gasteiger partial charge < -0.3 is 23.7 Å². The fourth-order valence-electron chi connectivity index (χ4n) is 4.95. The SMILES string of the molecule is C[C@@H]1O[C@H](COCc2ccccc2)[C@@H](OCc2ccccc2)[C@H](OCc2ccccc2)[C@H]1OC(=O)c1ccccc1. The minimum atomic E-state index is -0.697. The highest BCUT2D eigenvalue weighted by Gasteiger charge is 2.48. The number of hydrogen-bond donors (Lipinski definition) is 0. The smallest absolute Gasteiger partial charge is 0.338 e. The standard InChI is InChI=1S/C35H36O6/c1-26-32(41-35(36)30-20-12-5-13-21-30)34(39-24-29-18-10-4-11-19-29)33(38-23-28-16-8-3-9-17-28)31(40-26)25-37-22-27-14-6-2-7-15-27/h2-21,26,31-34H,22-25H2,1H3/t26-,31+,32-,33+,34+/m0/s1. The Morgan fingerprint density at radius 2 is 1.07 bits per heavy atom. The lowest BCUT2D eigenvalue weighted by Gasteiger charge is -2.45. The van der Waals surface area contributed by atoms with Gasteiger partial charge in [-0.3, -0.25) is 0 Å². The predicted octanol–water partition coefficient (Wildman–Crippen LogP) is 6.39. The summed E-state index contributed by atoms with van der Waals surface area (Å²) in [4.78, 5) is 13.2. The highest BCUT2D eigenvalue weighted by Crippen LogP contribution is 2.31. The molecule has 5 atom stereocenters. The molecule has 1 saturated heterocycles. The van der Waals surface area contributed by atoms with Gasteiger partial charge in [0.15, 0.2) is 6.10 Å². The second kappa shape index (κ2) is 14.7. The molecule has 212 valence electrons. The van der Waals surface area contributed by atoms with E-state index in [9.17, 15) is 4.79 Å². The fraction of sp³-hybridized carbons (Fsp3) is 0.286. The van der Waals surface area contributed by atoms with Crippen LogP contribution in [0.2, 0.25) is 0 Å². The predicted molar refractivity (Wildman–Crippen MR) is 156 cm³/mol. The van der Waals surface area contributed by atoms with E-state index in [1.165, 1.54) is 0 Å². The van der Waals surface area contributed by atoms with Crippen LogP contribution in [0.5, 0.6) is 0 Å². The number of ether oxygens (including phenoxy) is 5. The van der Waals surface area contributed by atoms with Crippen LogP contribution >= 0.6 is 0 Å². The van der Waals surface area contributed by atoms with E-state index in [4.69, 9.17) is 23.7 Å². The maximum atomic E-state index is 13.2. The zero-order valence-corrected chi connectivity index (χ0v) is 23.2. The van der Waals surface area contributed by atoms with Gasteiger partial charge in [-0.1, -0.05) is 109 Å². The van der Waals surface area contributed by atoms with Gasteiger partial charge in [0, 0.05) is 0 Å². The molecular formula is C35H36O6. The molecule has 1 aliphatic heterocycles. The lowest BCUT2D eigenvalue weighted by Crippen LogP contribution is -2.60. The lowest BCUT2D eigenvalue weighted by atomic mass is 9.94. The van der Waals surface area contributed by atoms with E-state index in [1.54, 1.807) is 12.1 Å². The highest BCUT2D eigenvalue weighted by atomic mass is 16.6. The molecule has 4 aromatic rings. The van der Waals surface area contributed by atoms with Crippen LogP contribution in [0.25, 0.3) is 0 Å². The Bertz CT molecular complexity index is 1320. The minimum Gasteiger partial charge on any atom is -0.453 e. The van der Waals surface area contributed by atoms with Gasteiger partial charge in [-0.05, 0) is 35.7 Å². The minimum absolute atomic E-state index is 0.295. The first-order valence-electron chi connectivity index (χ1n) is 14.0. The van der Waals surface area contributed by atoms with E-state index in [-0.39, 0.29) is 0 Å². The third kappa shape index (κ3) is 8.12. The van der Waals surface area contributed by atoms with Crippen LogP contribution in [-0.4, -0.2) is 43.1 Å². The second-order valence-corrected chi connectivity index (χ2v) is 10.1. The van der Waals surface area contributed by atoms with Crippen LogP contribution in [0.1, 0.15) is 34.0 Å². The van der Waals surface area contributed by atoms with Crippen molar-refractivity contribution in [2.75, 3.05) is 6.61 Å². The van der Waals surface area contributed by atoms with E-state index < -0.39 is 36.5 Å². The molecule has 0 amide bonds. The molecule has 0 radical (unpaired) electrons. The van der Waals surface area contributed by atoms with Crippen molar-refractivity contribution < 1.29 is 28.5 Å². The maximum absolute atomic E-state index is 13.2. The molecular weight excluding hydrogens is 516 g/mol. The van der Waals surface area contributed by atoms with Gasteiger partial charge in [0.1, 0.15) is 18.3 Å². The Balaban J connectivity index is 1.39. The zero-order chi connectivity index (χ0) is 28.3. The summed E-state index contributed by atoms with van der Waals surface area (Å²) in [5.74, 6) is -0.431. The van der Waals surface area contributed by atoms with Crippen molar-refractivity contribution in [3.63, 3.8) is 0 Å². The van der Waals surface area contributed by atoms with Crippen LogP contribution in [-0.2, 0) is 43.5 Å². The van der Waals surface area contributed by atoms with Crippen LogP contribution in [0.15, 0.2) is 121 Å². The Hall–Kier alpha value is -3.81. The maximum Gasteiger partial charge on any atom is 0.338 e. The van der Waals surface area contributed by atoms with Crippen LogP contribution < -0.4 is 0 Å². The van der Waals surface area contributed by atoms with E-state index in [1.807, 2.05) is 116 Å². The normalized spacial score (nSPS) is 22.2. The van der Waals surface area contributed by atoms with Crippen molar-refractivity contribution >= 4 is 5.97 Å². The molecule has 0 spiro atoms. The molecule has 0 unspecified atom stereocenters. The molecule has 0 aromatic heterocycles. The number of rotatable bonds is 12. The molecule has 5 rings (SSSR count). The molecule has 4 aromatic carbocycles. The van der Waals surface area contributed by atoms with Crippen molar-refractivity contribution in [1.29, 1.82) is 0 Å². The number of esters is 1. The quantitative estimate of drug-likeness (QED) is 0.190. The summed E-state index contributed by atoms with van der Waals surface area (Å²) in [5.41, 5.74) is 3.58. The van der Waals surface area contributed by atoms with E-state index in [2.05, 4.69) is 0 Å². The van der Waals surface area contributed by atoms with E-state index >= 15 is 0 Å². The van der Waals surface area contributed by atoms with Crippen molar-refractivity contribution in [2.45, 2.75) is 57.3 Å². The Morgan fingerprint density at radius 1 is 0.610 bits per heavy atom. The zero-order valence-electron chi connectivity index (χ0n) is 23.2. The van der Waals surface area contributed by atoms with E-state index in [0.29, 0.717) is 32.0 Å². The van der Waals surface area contributed by atoms with Gasteiger partial charge in [-0.15, -0.1) is 0 Å². The van der Waals surface area contributed by atoms with Gasteiger partial charge in [0.2, 0.25) is 0 Å². The lowest BCUT2D eigenvalue weighted by molar-refractivity contribution is -0.257. The van der Waals surface area contributed by atoms with Gasteiger partial charge in [-0.25, -0.2) is 4.79 Å². The van der Waals surface area contributed by atoms with E-state index in [0.717, 1.165) is 16.7 Å². The van der Waals surface area contributed by atoms with Crippen LogP contribution in [0.4, 0.5) is 0 Å². The Labute approximate surface area is 241 Å². The molecule has 1 fully saturated rings. The first-order chi connectivity index (χ1) is 20.2. The summed E-state index contributed by atoms with van der Waals surface area (Å²) in [6.45, 7) is 3.33. The van der Waals surface area contributed by atoms with Gasteiger partial charge >= 0.3 is 5.97 Å². The number of hydrogen-bond acceptors (Lipinski definition) is 6. The fourth-order valence-corrected chi connectivity index (χ4v) is 4.95.